The average molecular weight is 292 g/mol. The van der Waals surface area contributed by atoms with Crippen molar-refractivity contribution in [3.05, 3.63) is 18.2 Å². The van der Waals surface area contributed by atoms with Crippen molar-refractivity contribution in [3.8, 4) is 11.5 Å². The number of nitrogens with two attached hydrogens (primary N) is 1. The lowest BCUT2D eigenvalue weighted by atomic mass is 9.79. The first kappa shape index (κ1) is 15.6. The third-order valence-corrected chi connectivity index (χ3v) is 4.37. The van der Waals surface area contributed by atoms with Crippen LogP contribution in [0.15, 0.2) is 18.2 Å². The average Bonchev–Trinajstić information content (AvgIpc) is 2.74. The summed E-state index contributed by atoms with van der Waals surface area (Å²) in [6.07, 6.45) is 6.07. The number of phenolic OH excluding ortho intramolecular Hbond substituents is 1. The second-order valence-electron chi connectivity index (χ2n) is 5.74. The Kier molecular flexibility index (Phi) is 5.07. The summed E-state index contributed by atoms with van der Waals surface area (Å²) < 4.78 is 5.00. The van der Waals surface area contributed by atoms with Crippen LogP contribution in [0.25, 0.3) is 0 Å². The molecule has 0 unspecified atom stereocenters. The molecule has 0 radical (unpaired) electrons. The Bertz CT molecular complexity index is 494. The fourth-order valence-electron chi connectivity index (χ4n) is 2.96. The first-order valence-corrected chi connectivity index (χ1v) is 7.50. The van der Waals surface area contributed by atoms with Crippen molar-refractivity contribution in [1.82, 2.24) is 0 Å². The third kappa shape index (κ3) is 3.47. The van der Waals surface area contributed by atoms with E-state index in [0.29, 0.717) is 18.0 Å². The predicted octanol–water partition coefficient (Wildman–Crippen LogP) is 2.64. The fraction of sp³-hybridized carbons (Fsp3) is 0.562. The lowest BCUT2D eigenvalue weighted by Crippen LogP contribution is -2.42. The number of amides is 1. The molecule has 0 heterocycles. The molecule has 0 atom stereocenters. The van der Waals surface area contributed by atoms with Gasteiger partial charge in [-0.2, -0.15) is 0 Å². The van der Waals surface area contributed by atoms with Crippen LogP contribution in [-0.2, 0) is 4.79 Å². The van der Waals surface area contributed by atoms with E-state index in [2.05, 4.69) is 5.32 Å². The summed E-state index contributed by atoms with van der Waals surface area (Å²) in [7, 11) is 1.49. The summed E-state index contributed by atoms with van der Waals surface area (Å²) in [6.45, 7) is 0.362. The molecule has 116 valence electrons. The van der Waals surface area contributed by atoms with Crippen LogP contribution in [-0.4, -0.2) is 24.7 Å². The highest BCUT2D eigenvalue weighted by molar-refractivity contribution is 5.95. The topological polar surface area (TPSA) is 84.6 Å². The summed E-state index contributed by atoms with van der Waals surface area (Å²) in [4.78, 5) is 12.6. The molecule has 1 amide bonds. The maximum absolute atomic E-state index is 12.6. The van der Waals surface area contributed by atoms with Crippen LogP contribution in [0, 0.1) is 5.41 Å². The number of ether oxygens (including phenoxy) is 1. The van der Waals surface area contributed by atoms with Gasteiger partial charge in [0, 0.05) is 18.3 Å². The first-order valence-electron chi connectivity index (χ1n) is 7.50. The first-order chi connectivity index (χ1) is 10.1. The SMILES string of the molecule is COc1ccc(NC(=O)C2(CN)CCCCCC2)cc1O. The highest BCUT2D eigenvalue weighted by Gasteiger charge is 2.37. The number of phenols is 1. The molecule has 0 aliphatic heterocycles. The summed E-state index contributed by atoms with van der Waals surface area (Å²) in [5.41, 5.74) is 5.99. The maximum atomic E-state index is 12.6. The molecule has 1 aliphatic rings. The van der Waals surface area contributed by atoms with E-state index in [0.717, 1.165) is 25.7 Å². The summed E-state index contributed by atoms with van der Waals surface area (Å²) in [6, 6.07) is 4.85. The molecule has 4 N–H and O–H groups in total. The summed E-state index contributed by atoms with van der Waals surface area (Å²) in [5, 5.41) is 12.7. The standard InChI is InChI=1S/C16H24N2O3/c1-21-14-7-6-12(10-13(14)19)18-15(20)16(11-17)8-4-2-3-5-9-16/h6-7,10,19H,2-5,8-9,11,17H2,1H3,(H,18,20). The molecule has 5 nitrogen and oxygen atoms in total. The fourth-order valence-corrected chi connectivity index (χ4v) is 2.96. The van der Waals surface area contributed by atoms with E-state index in [1.807, 2.05) is 0 Å². The second kappa shape index (κ2) is 6.80. The Morgan fingerprint density at radius 3 is 2.52 bits per heavy atom. The van der Waals surface area contributed by atoms with E-state index in [9.17, 15) is 9.90 Å². The molecule has 21 heavy (non-hydrogen) atoms. The highest BCUT2D eigenvalue weighted by atomic mass is 16.5. The molecular weight excluding hydrogens is 268 g/mol. The monoisotopic (exact) mass is 292 g/mol. The molecule has 1 aromatic carbocycles. The van der Waals surface area contributed by atoms with E-state index in [4.69, 9.17) is 10.5 Å². The summed E-state index contributed by atoms with van der Waals surface area (Å²) >= 11 is 0. The smallest absolute Gasteiger partial charge is 0.231 e. The van der Waals surface area contributed by atoms with Crippen LogP contribution in [0.1, 0.15) is 38.5 Å². The Balaban J connectivity index is 2.13. The molecular formula is C16H24N2O3. The Morgan fingerprint density at radius 2 is 2.00 bits per heavy atom. The van der Waals surface area contributed by atoms with Crippen LogP contribution in [0.3, 0.4) is 0 Å². The largest absolute Gasteiger partial charge is 0.504 e. The quantitative estimate of drug-likeness (QED) is 0.745. The minimum atomic E-state index is -0.480. The number of hydrogen-bond donors (Lipinski definition) is 3. The zero-order valence-corrected chi connectivity index (χ0v) is 12.5. The van der Waals surface area contributed by atoms with Crippen molar-refractivity contribution in [2.24, 2.45) is 11.1 Å². The van der Waals surface area contributed by atoms with Crippen molar-refractivity contribution < 1.29 is 14.6 Å². The maximum Gasteiger partial charge on any atom is 0.231 e. The lowest BCUT2D eigenvalue weighted by Gasteiger charge is -2.29. The number of benzene rings is 1. The molecule has 2 rings (SSSR count). The minimum absolute atomic E-state index is 0.0120. The van der Waals surface area contributed by atoms with E-state index in [1.165, 1.54) is 26.0 Å². The molecule has 0 saturated heterocycles. The van der Waals surface area contributed by atoms with Gasteiger partial charge in [0.25, 0.3) is 0 Å². The molecule has 0 spiro atoms. The van der Waals surface area contributed by atoms with Gasteiger partial charge < -0.3 is 20.9 Å². The van der Waals surface area contributed by atoms with Gasteiger partial charge in [-0.25, -0.2) is 0 Å². The van der Waals surface area contributed by atoms with Crippen LogP contribution in [0.2, 0.25) is 0 Å². The van der Waals surface area contributed by atoms with Crippen molar-refractivity contribution in [2.75, 3.05) is 19.0 Å². The lowest BCUT2D eigenvalue weighted by molar-refractivity contribution is -0.125. The molecule has 0 aromatic heterocycles. The van der Waals surface area contributed by atoms with Crippen LogP contribution >= 0.6 is 0 Å². The number of nitrogens with one attached hydrogen (secondary N) is 1. The zero-order valence-electron chi connectivity index (χ0n) is 12.5. The van der Waals surface area contributed by atoms with Gasteiger partial charge in [-0.15, -0.1) is 0 Å². The van der Waals surface area contributed by atoms with E-state index in [1.54, 1.807) is 12.1 Å². The Labute approximate surface area is 125 Å². The van der Waals surface area contributed by atoms with Gasteiger partial charge in [0.15, 0.2) is 11.5 Å². The summed E-state index contributed by atoms with van der Waals surface area (Å²) in [5.74, 6) is 0.352. The normalized spacial score (nSPS) is 17.8. The Morgan fingerprint density at radius 1 is 1.33 bits per heavy atom. The minimum Gasteiger partial charge on any atom is -0.504 e. The van der Waals surface area contributed by atoms with Gasteiger partial charge >= 0.3 is 0 Å². The van der Waals surface area contributed by atoms with E-state index < -0.39 is 5.41 Å². The van der Waals surface area contributed by atoms with E-state index in [-0.39, 0.29) is 11.7 Å². The number of aromatic hydroxyl groups is 1. The highest BCUT2D eigenvalue weighted by Crippen LogP contribution is 2.36. The van der Waals surface area contributed by atoms with Gasteiger partial charge in [-0.3, -0.25) is 4.79 Å². The van der Waals surface area contributed by atoms with Gasteiger partial charge in [-0.1, -0.05) is 25.7 Å². The van der Waals surface area contributed by atoms with Crippen molar-refractivity contribution in [2.45, 2.75) is 38.5 Å². The second-order valence-corrected chi connectivity index (χ2v) is 5.74. The van der Waals surface area contributed by atoms with Crippen molar-refractivity contribution >= 4 is 11.6 Å². The molecule has 5 heteroatoms. The van der Waals surface area contributed by atoms with Crippen molar-refractivity contribution in [3.63, 3.8) is 0 Å². The molecule has 1 fully saturated rings. The van der Waals surface area contributed by atoms with Gasteiger partial charge in [-0.05, 0) is 25.0 Å². The van der Waals surface area contributed by atoms with Crippen LogP contribution < -0.4 is 15.8 Å². The van der Waals surface area contributed by atoms with Gasteiger partial charge in [0.05, 0.1) is 12.5 Å². The number of carbonyl (C=O) groups excluding carboxylic acids is 1. The zero-order chi connectivity index (χ0) is 15.3. The van der Waals surface area contributed by atoms with Gasteiger partial charge in [0.1, 0.15) is 0 Å². The number of carbonyl (C=O) groups is 1. The molecule has 1 aliphatic carbocycles. The van der Waals surface area contributed by atoms with E-state index >= 15 is 0 Å². The van der Waals surface area contributed by atoms with Crippen LogP contribution in [0.5, 0.6) is 11.5 Å². The van der Waals surface area contributed by atoms with Crippen molar-refractivity contribution in [1.29, 1.82) is 0 Å². The number of methoxy groups -OCH3 is 1. The predicted molar refractivity (Wildman–Crippen MR) is 82.5 cm³/mol. The Hall–Kier alpha value is -1.75. The third-order valence-electron chi connectivity index (χ3n) is 4.37. The van der Waals surface area contributed by atoms with Gasteiger partial charge in [0.2, 0.25) is 5.91 Å². The van der Waals surface area contributed by atoms with Crippen LogP contribution in [0.4, 0.5) is 5.69 Å². The molecule has 1 aromatic rings. The molecule has 1 saturated carbocycles. The number of rotatable bonds is 4. The number of anilines is 1. The number of hydrogen-bond acceptors (Lipinski definition) is 4. The molecule has 0 bridgehead atoms.